The lowest BCUT2D eigenvalue weighted by Crippen LogP contribution is -2.62. The van der Waals surface area contributed by atoms with Gasteiger partial charge in [0.1, 0.15) is 17.5 Å². The second kappa shape index (κ2) is 13.5. The number of aliphatic hydroxyl groups is 4. The molecule has 1 saturated carbocycles. The van der Waals surface area contributed by atoms with E-state index in [-0.39, 0.29) is 49.7 Å². The number of aliphatic hydroxyl groups excluding tert-OH is 3. The molecule has 2 aliphatic carbocycles. The minimum atomic E-state index is -1.79. The minimum Gasteiger partial charge on any atom is -0.508 e. The molecule has 0 amide bonds. The van der Waals surface area contributed by atoms with Crippen LogP contribution >= 0.6 is 0 Å². The number of hydrogen-bond acceptors (Lipinski definition) is 11. The summed E-state index contributed by atoms with van der Waals surface area (Å²) < 4.78 is 13.9. The fraction of sp³-hybridized carbons (Fsp3) is 0.656. The number of benzene rings is 1. The zero-order chi connectivity index (χ0) is 30.7. The number of nitrogens with zero attached hydrogens (tertiary/aromatic N) is 4. The average Bonchev–Trinajstić information content (AvgIpc) is 3.51. The summed E-state index contributed by atoms with van der Waals surface area (Å²) in [6, 6.07) is 4.19. The Hall–Kier alpha value is -3.03. The summed E-state index contributed by atoms with van der Waals surface area (Å²) in [7, 11) is 0. The number of aromatic nitrogens is 3. The van der Waals surface area contributed by atoms with Gasteiger partial charge in [-0.05, 0) is 74.1 Å². The number of rotatable bonds is 12. The van der Waals surface area contributed by atoms with E-state index in [0.717, 1.165) is 56.1 Å². The topological polar surface area (TPSA) is 172 Å². The van der Waals surface area contributed by atoms with Crippen LogP contribution in [-0.4, -0.2) is 78.1 Å². The monoisotopic (exact) mass is 612 g/mol. The van der Waals surface area contributed by atoms with Gasteiger partial charge < -0.3 is 39.8 Å². The zero-order valence-corrected chi connectivity index (χ0v) is 25.0. The Balaban J connectivity index is 1.51. The van der Waals surface area contributed by atoms with Crippen LogP contribution in [0.5, 0.6) is 11.5 Å². The molecule has 12 heteroatoms. The predicted octanol–water partition coefficient (Wildman–Crippen LogP) is 3.30. The molecule has 2 aromatic rings. The lowest BCUT2D eigenvalue weighted by Gasteiger charge is -2.56. The summed E-state index contributed by atoms with van der Waals surface area (Å²) in [5, 5.41) is 65.7. The van der Waals surface area contributed by atoms with E-state index in [1.807, 2.05) is 0 Å². The highest BCUT2D eigenvalue weighted by atomic mass is 16.8. The van der Waals surface area contributed by atoms with Crippen molar-refractivity contribution in [2.24, 2.45) is 22.9 Å². The molecule has 1 aromatic carbocycles. The van der Waals surface area contributed by atoms with Gasteiger partial charge in [-0.15, -0.1) is 5.10 Å². The molecule has 2 aliphatic heterocycles. The highest BCUT2D eigenvalue weighted by molar-refractivity contribution is 6.02. The first-order chi connectivity index (χ1) is 21.5. The molecule has 0 spiro atoms. The quantitative estimate of drug-likeness (QED) is 0.177. The Kier molecular flexibility index (Phi) is 9.53. The average molecular weight is 613 g/mol. The molecule has 44 heavy (non-hydrogen) atoms. The summed E-state index contributed by atoms with van der Waals surface area (Å²) in [6.07, 6.45) is 10.7. The maximum absolute atomic E-state index is 12.8. The summed E-state index contributed by atoms with van der Waals surface area (Å²) >= 11 is 0. The van der Waals surface area contributed by atoms with Gasteiger partial charge >= 0.3 is 0 Å². The fourth-order valence-corrected chi connectivity index (χ4v) is 7.77. The number of phenolic OH excluding ortho intramolecular Hbond substituents is 1. The Bertz CT molecular complexity index is 1340. The van der Waals surface area contributed by atoms with Crippen LogP contribution < -0.4 is 4.74 Å². The number of fused-ring (bicyclic) bond motifs is 2. The van der Waals surface area contributed by atoms with Gasteiger partial charge in [0.25, 0.3) is 0 Å². The molecule has 2 fully saturated rings. The van der Waals surface area contributed by atoms with E-state index < -0.39 is 24.0 Å². The molecule has 7 atom stereocenters. The third kappa shape index (κ3) is 5.85. The number of phenols is 1. The molecule has 7 unspecified atom stereocenters. The first-order valence-electron chi connectivity index (χ1n) is 16.0. The molecule has 3 heterocycles. The summed E-state index contributed by atoms with van der Waals surface area (Å²) in [6.45, 7) is 0.498. The van der Waals surface area contributed by atoms with Crippen LogP contribution in [0.1, 0.15) is 87.4 Å². The molecule has 1 aromatic heterocycles. The van der Waals surface area contributed by atoms with Crippen LogP contribution in [0.3, 0.4) is 0 Å². The third-order valence-electron chi connectivity index (χ3n) is 9.78. The second-order valence-corrected chi connectivity index (χ2v) is 12.5. The van der Waals surface area contributed by atoms with Gasteiger partial charge in [0.15, 0.2) is 0 Å². The van der Waals surface area contributed by atoms with Crippen molar-refractivity contribution < 1.29 is 39.8 Å². The Labute approximate surface area is 256 Å². The van der Waals surface area contributed by atoms with Crippen molar-refractivity contribution in [1.29, 1.82) is 0 Å². The molecule has 6 rings (SSSR count). The number of hydrogen-bond donors (Lipinski definition) is 5. The van der Waals surface area contributed by atoms with Crippen molar-refractivity contribution in [3.63, 3.8) is 0 Å². The SMILES string of the molecule is OCCCCC1C=C2C(=NOC3CCCCO3)CC(n3nncc3CO)C3(O)Oc4ccc(O)cc4C(C1CCCCO)C23. The maximum Gasteiger partial charge on any atom is 0.238 e. The molecule has 240 valence electrons. The first kappa shape index (κ1) is 31.0. The second-order valence-electron chi connectivity index (χ2n) is 12.5. The third-order valence-corrected chi connectivity index (χ3v) is 9.78. The summed E-state index contributed by atoms with van der Waals surface area (Å²) in [4.78, 5) is 5.98. The van der Waals surface area contributed by atoms with E-state index in [2.05, 4.69) is 21.5 Å². The Morgan fingerprint density at radius 1 is 1.07 bits per heavy atom. The lowest BCUT2D eigenvalue weighted by atomic mass is 9.55. The number of aromatic hydroxyl groups is 1. The number of oxime groups is 1. The fourth-order valence-electron chi connectivity index (χ4n) is 7.77. The molecule has 5 N–H and O–H groups in total. The van der Waals surface area contributed by atoms with Crippen LogP contribution in [0.4, 0.5) is 0 Å². The largest absolute Gasteiger partial charge is 0.508 e. The standard InChI is InChI=1S/C32H44N4O8/c37-12-4-1-7-20-15-24-26(34-44-29-9-3-6-14-42-29)17-28(36-21(19-39)18-33-35-36)32(41)31(24)30(23(20)8-2-5-13-38)25-16-22(40)10-11-27(25)43-32/h10-11,15-16,18,20,23,28-31,37-41H,1-9,12-14,17,19H2. The predicted molar refractivity (Wildman–Crippen MR) is 159 cm³/mol. The number of unbranched alkanes of at least 4 members (excludes halogenated alkanes) is 2. The normalized spacial score (nSPS) is 32.0. The van der Waals surface area contributed by atoms with Crippen molar-refractivity contribution in [3.8, 4) is 11.5 Å². The van der Waals surface area contributed by atoms with Crippen LogP contribution in [0.25, 0.3) is 0 Å². The molecule has 12 nitrogen and oxygen atoms in total. The van der Waals surface area contributed by atoms with Gasteiger partial charge in [0.2, 0.25) is 12.1 Å². The Morgan fingerprint density at radius 2 is 1.89 bits per heavy atom. The summed E-state index contributed by atoms with van der Waals surface area (Å²) in [5.74, 6) is -1.94. The van der Waals surface area contributed by atoms with Crippen LogP contribution in [0, 0.1) is 17.8 Å². The van der Waals surface area contributed by atoms with Crippen molar-refractivity contribution in [1.82, 2.24) is 15.0 Å². The van der Waals surface area contributed by atoms with E-state index in [0.29, 0.717) is 36.6 Å². The Morgan fingerprint density at radius 3 is 2.64 bits per heavy atom. The number of allylic oxidation sites excluding steroid dienone is 1. The molecule has 0 radical (unpaired) electrons. The van der Waals surface area contributed by atoms with E-state index in [1.54, 1.807) is 18.2 Å². The highest BCUT2D eigenvalue weighted by Crippen LogP contribution is 2.62. The molecular weight excluding hydrogens is 568 g/mol. The van der Waals surface area contributed by atoms with E-state index in [1.165, 1.54) is 10.9 Å². The van der Waals surface area contributed by atoms with Gasteiger partial charge in [0, 0.05) is 37.5 Å². The smallest absolute Gasteiger partial charge is 0.238 e. The van der Waals surface area contributed by atoms with Crippen LogP contribution in [0.15, 0.2) is 41.2 Å². The van der Waals surface area contributed by atoms with Crippen molar-refractivity contribution in [2.75, 3.05) is 19.8 Å². The zero-order valence-electron chi connectivity index (χ0n) is 25.0. The van der Waals surface area contributed by atoms with Gasteiger partial charge in [-0.2, -0.15) is 0 Å². The first-order valence-corrected chi connectivity index (χ1v) is 16.0. The van der Waals surface area contributed by atoms with Crippen molar-refractivity contribution in [3.05, 3.63) is 47.3 Å². The van der Waals surface area contributed by atoms with E-state index in [4.69, 9.17) is 14.3 Å². The van der Waals surface area contributed by atoms with Gasteiger partial charge in [-0.25, -0.2) is 4.68 Å². The molecule has 4 aliphatic rings. The summed E-state index contributed by atoms with van der Waals surface area (Å²) in [5.41, 5.74) is 2.72. The van der Waals surface area contributed by atoms with Gasteiger partial charge in [-0.3, -0.25) is 0 Å². The van der Waals surface area contributed by atoms with E-state index in [9.17, 15) is 25.5 Å². The van der Waals surface area contributed by atoms with Crippen molar-refractivity contribution in [2.45, 2.75) is 94.9 Å². The van der Waals surface area contributed by atoms with Gasteiger partial charge in [0.05, 0.1) is 36.7 Å². The minimum absolute atomic E-state index is 0.0422. The highest BCUT2D eigenvalue weighted by Gasteiger charge is 2.63. The lowest BCUT2D eigenvalue weighted by molar-refractivity contribution is -0.226. The van der Waals surface area contributed by atoms with E-state index >= 15 is 0 Å². The molecule has 1 saturated heterocycles. The molecule has 0 bridgehead atoms. The maximum atomic E-state index is 12.8. The molecular formula is C32H44N4O8. The van der Waals surface area contributed by atoms with Crippen molar-refractivity contribution >= 4 is 5.71 Å². The van der Waals surface area contributed by atoms with Crippen LogP contribution in [0.2, 0.25) is 0 Å². The number of ether oxygens (including phenoxy) is 2. The van der Waals surface area contributed by atoms with Gasteiger partial charge in [-0.1, -0.05) is 29.3 Å². The van der Waals surface area contributed by atoms with Crippen LogP contribution in [-0.2, 0) is 16.2 Å².